The van der Waals surface area contributed by atoms with Gasteiger partial charge in [-0.25, -0.2) is 0 Å². The van der Waals surface area contributed by atoms with Crippen molar-refractivity contribution in [3.05, 3.63) is 84.4 Å². The Labute approximate surface area is 171 Å². The van der Waals surface area contributed by atoms with E-state index in [4.69, 9.17) is 4.74 Å². The highest BCUT2D eigenvalue weighted by Gasteiger charge is 2.40. The third kappa shape index (κ3) is 4.51. The maximum atomic E-state index is 13.3. The lowest BCUT2D eigenvalue weighted by atomic mass is 9.73. The maximum absolute atomic E-state index is 13.3. The number of nitrogens with zero attached hydrogens (tertiary/aromatic N) is 2. The van der Waals surface area contributed by atoms with E-state index in [0.717, 1.165) is 29.5 Å². The summed E-state index contributed by atoms with van der Waals surface area (Å²) in [6.07, 6.45) is 9.26. The van der Waals surface area contributed by atoms with Gasteiger partial charge in [-0.05, 0) is 59.7 Å². The van der Waals surface area contributed by atoms with Crippen molar-refractivity contribution in [3.63, 3.8) is 0 Å². The lowest BCUT2D eigenvalue weighted by Gasteiger charge is -2.36. The summed E-state index contributed by atoms with van der Waals surface area (Å²) in [5, 5.41) is 3.14. The smallest absolute Gasteiger partial charge is 0.226 e. The second-order valence-electron chi connectivity index (χ2n) is 7.51. The van der Waals surface area contributed by atoms with Crippen molar-refractivity contribution in [2.45, 2.75) is 25.8 Å². The third-order valence-corrected chi connectivity index (χ3v) is 5.64. The molecule has 0 saturated carbocycles. The Bertz CT molecular complexity index is 939. The number of hydrogen-bond acceptors (Lipinski definition) is 4. The highest BCUT2D eigenvalue weighted by molar-refractivity contribution is 5.83. The predicted octanol–water partition coefficient (Wildman–Crippen LogP) is 3.80. The van der Waals surface area contributed by atoms with Crippen LogP contribution in [0.2, 0.25) is 0 Å². The van der Waals surface area contributed by atoms with Crippen LogP contribution in [0.25, 0.3) is 11.1 Å². The topological polar surface area (TPSA) is 64.1 Å². The summed E-state index contributed by atoms with van der Waals surface area (Å²) in [4.78, 5) is 21.6. The Morgan fingerprint density at radius 1 is 0.966 bits per heavy atom. The van der Waals surface area contributed by atoms with Crippen molar-refractivity contribution in [1.29, 1.82) is 0 Å². The Morgan fingerprint density at radius 2 is 1.76 bits per heavy atom. The molecule has 1 fully saturated rings. The van der Waals surface area contributed by atoms with Gasteiger partial charge in [-0.1, -0.05) is 30.3 Å². The van der Waals surface area contributed by atoms with Gasteiger partial charge >= 0.3 is 0 Å². The fourth-order valence-electron chi connectivity index (χ4n) is 3.97. The SMILES string of the molecule is O=C(NCc1cccnc1)C1(Cc2ccccc2-c2ccncc2)CCOCC1. The minimum absolute atomic E-state index is 0.0918. The second kappa shape index (κ2) is 8.97. The van der Waals surface area contributed by atoms with Crippen LogP contribution in [0.5, 0.6) is 0 Å². The Kier molecular flexibility index (Phi) is 5.96. The molecular weight excluding hydrogens is 362 g/mol. The summed E-state index contributed by atoms with van der Waals surface area (Å²) in [7, 11) is 0. The molecular formula is C24H25N3O2. The van der Waals surface area contributed by atoms with Crippen LogP contribution in [0, 0.1) is 5.41 Å². The highest BCUT2D eigenvalue weighted by Crippen LogP contribution is 2.37. The largest absolute Gasteiger partial charge is 0.381 e. The number of carbonyl (C=O) groups is 1. The predicted molar refractivity (Wildman–Crippen MR) is 112 cm³/mol. The molecule has 0 aliphatic carbocycles. The number of amides is 1. The molecule has 0 radical (unpaired) electrons. The van der Waals surface area contributed by atoms with Gasteiger partial charge in [-0.2, -0.15) is 0 Å². The van der Waals surface area contributed by atoms with E-state index in [-0.39, 0.29) is 5.91 Å². The van der Waals surface area contributed by atoms with E-state index in [2.05, 4.69) is 27.4 Å². The lowest BCUT2D eigenvalue weighted by Crippen LogP contribution is -2.46. The van der Waals surface area contributed by atoms with Crippen LogP contribution in [0.1, 0.15) is 24.0 Å². The fourth-order valence-corrected chi connectivity index (χ4v) is 3.97. The first kappa shape index (κ1) is 19.3. The van der Waals surface area contributed by atoms with Crippen molar-refractivity contribution < 1.29 is 9.53 Å². The van der Waals surface area contributed by atoms with Crippen molar-refractivity contribution in [3.8, 4) is 11.1 Å². The van der Waals surface area contributed by atoms with Gasteiger partial charge in [-0.3, -0.25) is 14.8 Å². The molecule has 29 heavy (non-hydrogen) atoms. The van der Waals surface area contributed by atoms with Crippen LogP contribution in [-0.2, 0) is 22.5 Å². The molecule has 1 amide bonds. The molecule has 5 nitrogen and oxygen atoms in total. The molecule has 1 aliphatic rings. The van der Waals surface area contributed by atoms with Gasteiger partial charge in [0.2, 0.25) is 5.91 Å². The molecule has 0 atom stereocenters. The molecule has 1 aliphatic heterocycles. The van der Waals surface area contributed by atoms with Crippen LogP contribution in [0.15, 0.2) is 73.3 Å². The molecule has 0 unspecified atom stereocenters. The van der Waals surface area contributed by atoms with Gasteiger partial charge < -0.3 is 10.1 Å². The van der Waals surface area contributed by atoms with E-state index < -0.39 is 5.41 Å². The maximum Gasteiger partial charge on any atom is 0.226 e. The normalized spacial score (nSPS) is 15.6. The van der Waals surface area contributed by atoms with Crippen molar-refractivity contribution in [2.75, 3.05) is 13.2 Å². The zero-order valence-corrected chi connectivity index (χ0v) is 16.4. The lowest BCUT2D eigenvalue weighted by molar-refractivity contribution is -0.136. The Balaban J connectivity index is 1.58. The zero-order chi connectivity index (χ0) is 19.9. The van der Waals surface area contributed by atoms with Gasteiger partial charge in [0.15, 0.2) is 0 Å². The van der Waals surface area contributed by atoms with Crippen LogP contribution in [0.4, 0.5) is 0 Å². The van der Waals surface area contributed by atoms with Gasteiger partial charge in [0.05, 0.1) is 5.41 Å². The molecule has 1 aromatic carbocycles. The molecule has 148 valence electrons. The first-order valence-electron chi connectivity index (χ1n) is 10.0. The molecule has 0 spiro atoms. The van der Waals surface area contributed by atoms with Gasteiger partial charge in [0, 0.05) is 44.5 Å². The van der Waals surface area contributed by atoms with E-state index in [1.165, 1.54) is 5.56 Å². The molecule has 1 saturated heterocycles. The van der Waals surface area contributed by atoms with Crippen LogP contribution < -0.4 is 5.32 Å². The highest BCUT2D eigenvalue weighted by atomic mass is 16.5. The van der Waals surface area contributed by atoms with Gasteiger partial charge in [0.25, 0.3) is 0 Å². The van der Waals surface area contributed by atoms with Gasteiger partial charge in [0.1, 0.15) is 0 Å². The summed E-state index contributed by atoms with van der Waals surface area (Å²) in [6.45, 7) is 1.71. The number of carbonyl (C=O) groups excluding carboxylic acids is 1. The number of hydrogen-bond donors (Lipinski definition) is 1. The quantitative estimate of drug-likeness (QED) is 0.699. The van der Waals surface area contributed by atoms with E-state index in [1.54, 1.807) is 24.8 Å². The molecule has 0 bridgehead atoms. The molecule has 3 heterocycles. The van der Waals surface area contributed by atoms with E-state index >= 15 is 0 Å². The average molecular weight is 387 g/mol. The number of benzene rings is 1. The van der Waals surface area contributed by atoms with Crippen molar-refractivity contribution >= 4 is 5.91 Å². The summed E-state index contributed by atoms with van der Waals surface area (Å²) >= 11 is 0. The number of nitrogens with one attached hydrogen (secondary N) is 1. The van der Waals surface area contributed by atoms with Gasteiger partial charge in [-0.15, -0.1) is 0 Å². The molecule has 5 heteroatoms. The number of aromatic nitrogens is 2. The monoisotopic (exact) mass is 387 g/mol. The fraction of sp³-hybridized carbons (Fsp3) is 0.292. The van der Waals surface area contributed by atoms with E-state index in [1.807, 2.05) is 36.4 Å². The summed E-state index contributed by atoms with van der Waals surface area (Å²) in [5.41, 5.74) is 3.98. The van der Waals surface area contributed by atoms with Crippen LogP contribution in [0.3, 0.4) is 0 Å². The van der Waals surface area contributed by atoms with Crippen molar-refractivity contribution in [1.82, 2.24) is 15.3 Å². The first-order valence-corrected chi connectivity index (χ1v) is 10.0. The summed E-state index contributed by atoms with van der Waals surface area (Å²) in [6, 6.07) is 16.2. The zero-order valence-electron chi connectivity index (χ0n) is 16.4. The van der Waals surface area contributed by atoms with Crippen LogP contribution in [-0.4, -0.2) is 29.1 Å². The first-order chi connectivity index (χ1) is 14.3. The average Bonchev–Trinajstić information content (AvgIpc) is 2.80. The minimum Gasteiger partial charge on any atom is -0.381 e. The van der Waals surface area contributed by atoms with E-state index in [9.17, 15) is 4.79 Å². The van der Waals surface area contributed by atoms with Crippen LogP contribution >= 0.6 is 0 Å². The van der Waals surface area contributed by atoms with Crippen molar-refractivity contribution in [2.24, 2.45) is 5.41 Å². The molecule has 3 aromatic rings. The second-order valence-corrected chi connectivity index (χ2v) is 7.51. The summed E-state index contributed by atoms with van der Waals surface area (Å²) < 4.78 is 5.59. The summed E-state index contributed by atoms with van der Waals surface area (Å²) in [5.74, 6) is 0.0918. The number of rotatable bonds is 6. The van der Waals surface area contributed by atoms with E-state index in [0.29, 0.717) is 26.2 Å². The number of ether oxygens (including phenoxy) is 1. The third-order valence-electron chi connectivity index (χ3n) is 5.64. The minimum atomic E-state index is -0.469. The Morgan fingerprint density at radius 3 is 2.52 bits per heavy atom. The number of pyridine rings is 2. The Hall–Kier alpha value is -3.05. The molecule has 1 N–H and O–H groups in total. The molecule has 2 aromatic heterocycles. The molecule has 4 rings (SSSR count). The standard InChI is InChI=1S/C24H25N3O2/c28-23(27-18-19-4-3-11-26-17-19)24(9-14-29-15-10-24)16-21-5-1-2-6-22(21)20-7-12-25-13-8-20/h1-8,11-13,17H,9-10,14-16,18H2,(H,27,28).